The fourth-order valence-corrected chi connectivity index (χ4v) is 2.78. The first-order chi connectivity index (χ1) is 13.9. The maximum absolute atomic E-state index is 14.4. The molecule has 7 heteroatoms. The van der Waals surface area contributed by atoms with Gasteiger partial charge >= 0.3 is 0 Å². The van der Waals surface area contributed by atoms with Crippen molar-refractivity contribution in [3.05, 3.63) is 80.3 Å². The van der Waals surface area contributed by atoms with E-state index in [1.54, 1.807) is 31.2 Å². The number of benzene rings is 2. The SMILES string of the molecule is COC(C)C#Cc1cc(F)c2[nH]cc(C(=O)NCc3ccc(Cl)cc3)c(=O)c2c1. The van der Waals surface area contributed by atoms with Crippen LogP contribution in [0, 0.1) is 17.7 Å². The molecule has 3 aromatic rings. The minimum Gasteiger partial charge on any atom is -0.369 e. The number of pyridine rings is 1. The highest BCUT2D eigenvalue weighted by Crippen LogP contribution is 2.16. The molecule has 0 bridgehead atoms. The van der Waals surface area contributed by atoms with E-state index in [1.165, 1.54) is 25.4 Å². The predicted octanol–water partition coefficient (Wildman–Crippen LogP) is 3.64. The lowest BCUT2D eigenvalue weighted by Gasteiger charge is -2.07. The van der Waals surface area contributed by atoms with Gasteiger partial charge in [-0.25, -0.2) is 4.39 Å². The molecule has 1 heterocycles. The maximum Gasteiger partial charge on any atom is 0.257 e. The number of carbonyl (C=O) groups excluding carboxylic acids is 1. The zero-order chi connectivity index (χ0) is 21.0. The summed E-state index contributed by atoms with van der Waals surface area (Å²) in [5.74, 6) is 4.39. The normalized spacial score (nSPS) is 11.6. The van der Waals surface area contributed by atoms with Gasteiger partial charge in [0.2, 0.25) is 5.43 Å². The molecule has 0 saturated carbocycles. The van der Waals surface area contributed by atoms with Gasteiger partial charge < -0.3 is 15.0 Å². The fraction of sp³-hybridized carbons (Fsp3) is 0.182. The van der Waals surface area contributed by atoms with Gasteiger partial charge in [0.05, 0.1) is 10.9 Å². The highest BCUT2D eigenvalue weighted by molar-refractivity contribution is 6.30. The average molecular weight is 413 g/mol. The lowest BCUT2D eigenvalue weighted by atomic mass is 10.1. The first kappa shape index (κ1) is 20.6. The van der Waals surface area contributed by atoms with Crippen LogP contribution in [-0.2, 0) is 11.3 Å². The Labute approximate surface area is 171 Å². The minimum atomic E-state index is -0.623. The molecular formula is C22H18ClFN2O3. The van der Waals surface area contributed by atoms with E-state index in [0.717, 1.165) is 5.56 Å². The minimum absolute atomic E-state index is 0.0228. The van der Waals surface area contributed by atoms with E-state index in [-0.39, 0.29) is 29.1 Å². The third kappa shape index (κ3) is 4.83. The summed E-state index contributed by atoms with van der Waals surface area (Å²) in [4.78, 5) is 28.0. The first-order valence-corrected chi connectivity index (χ1v) is 9.18. The van der Waals surface area contributed by atoms with Gasteiger partial charge in [0, 0.05) is 30.4 Å². The zero-order valence-corrected chi connectivity index (χ0v) is 16.6. The molecule has 2 aromatic carbocycles. The molecule has 5 nitrogen and oxygen atoms in total. The number of ether oxygens (including phenoxy) is 1. The van der Waals surface area contributed by atoms with Crippen molar-refractivity contribution in [2.24, 2.45) is 0 Å². The van der Waals surface area contributed by atoms with Crippen molar-refractivity contribution in [2.75, 3.05) is 7.11 Å². The van der Waals surface area contributed by atoms with Gasteiger partial charge in [0.25, 0.3) is 5.91 Å². The van der Waals surface area contributed by atoms with Crippen LogP contribution < -0.4 is 10.7 Å². The number of methoxy groups -OCH3 is 1. The van der Waals surface area contributed by atoms with Crippen LogP contribution in [0.1, 0.15) is 28.4 Å². The summed E-state index contributed by atoms with van der Waals surface area (Å²) in [6.07, 6.45) is 0.876. The predicted molar refractivity (Wildman–Crippen MR) is 110 cm³/mol. The number of halogens is 2. The van der Waals surface area contributed by atoms with Gasteiger partial charge in [-0.05, 0) is 36.8 Å². The summed E-state index contributed by atoms with van der Waals surface area (Å²) in [6.45, 7) is 1.97. The molecule has 29 heavy (non-hydrogen) atoms. The lowest BCUT2D eigenvalue weighted by molar-refractivity contribution is 0.0949. The monoisotopic (exact) mass is 412 g/mol. The fourth-order valence-electron chi connectivity index (χ4n) is 2.65. The number of hydrogen-bond acceptors (Lipinski definition) is 3. The Kier molecular flexibility index (Phi) is 6.32. The summed E-state index contributed by atoms with van der Waals surface area (Å²) >= 11 is 5.84. The summed E-state index contributed by atoms with van der Waals surface area (Å²) in [7, 11) is 1.51. The highest BCUT2D eigenvalue weighted by Gasteiger charge is 2.15. The van der Waals surface area contributed by atoms with Crippen molar-refractivity contribution in [3.8, 4) is 11.8 Å². The topological polar surface area (TPSA) is 71.2 Å². The molecule has 1 aromatic heterocycles. The number of H-pyrrole nitrogens is 1. The Bertz CT molecular complexity index is 1180. The third-order valence-electron chi connectivity index (χ3n) is 4.32. The molecule has 0 aliphatic carbocycles. The number of hydrogen-bond donors (Lipinski definition) is 2. The molecule has 3 rings (SSSR count). The van der Waals surface area contributed by atoms with E-state index in [1.807, 2.05) is 0 Å². The van der Waals surface area contributed by atoms with Gasteiger partial charge in [-0.1, -0.05) is 35.6 Å². The highest BCUT2D eigenvalue weighted by atomic mass is 35.5. The molecular weight excluding hydrogens is 395 g/mol. The molecule has 0 spiro atoms. The van der Waals surface area contributed by atoms with Crippen LogP contribution >= 0.6 is 11.6 Å². The maximum atomic E-state index is 14.4. The largest absolute Gasteiger partial charge is 0.369 e. The molecule has 1 atom stereocenters. The van der Waals surface area contributed by atoms with Crippen LogP contribution in [0.3, 0.4) is 0 Å². The number of nitrogens with one attached hydrogen (secondary N) is 2. The summed E-state index contributed by atoms with van der Waals surface area (Å²) in [5, 5.41) is 3.32. The van der Waals surface area contributed by atoms with Crippen molar-refractivity contribution >= 4 is 28.4 Å². The van der Waals surface area contributed by atoms with Crippen LogP contribution in [0.5, 0.6) is 0 Å². The Balaban J connectivity index is 1.91. The van der Waals surface area contributed by atoms with Crippen molar-refractivity contribution in [2.45, 2.75) is 19.6 Å². The summed E-state index contributed by atoms with van der Waals surface area (Å²) < 4.78 is 19.4. The van der Waals surface area contributed by atoms with Gasteiger partial charge in [-0.2, -0.15) is 0 Å². The molecule has 1 unspecified atom stereocenters. The number of amides is 1. The average Bonchev–Trinajstić information content (AvgIpc) is 2.72. The molecule has 1 amide bonds. The van der Waals surface area contributed by atoms with Crippen LogP contribution in [0.15, 0.2) is 47.4 Å². The van der Waals surface area contributed by atoms with Crippen molar-refractivity contribution < 1.29 is 13.9 Å². The number of aromatic amines is 1. The van der Waals surface area contributed by atoms with Crippen molar-refractivity contribution in [1.82, 2.24) is 10.3 Å². The standard InChI is InChI=1S/C22H18ClFN2O3/c1-13(29-2)3-4-15-9-17-20(19(24)10-15)25-12-18(21(17)27)22(28)26-11-14-5-7-16(23)8-6-14/h5-10,12-13H,11H2,1-2H3,(H,25,27)(H,26,28). The van der Waals surface area contributed by atoms with Crippen molar-refractivity contribution in [1.29, 1.82) is 0 Å². The van der Waals surface area contributed by atoms with E-state index in [0.29, 0.717) is 10.6 Å². The van der Waals surface area contributed by atoms with E-state index in [4.69, 9.17) is 16.3 Å². The van der Waals surface area contributed by atoms with Crippen LogP contribution in [0.25, 0.3) is 10.9 Å². The number of rotatable bonds is 4. The second-order valence-corrected chi connectivity index (χ2v) is 6.80. The van der Waals surface area contributed by atoms with Gasteiger partial charge in [0.1, 0.15) is 17.5 Å². The number of carbonyl (C=O) groups is 1. The molecule has 0 radical (unpaired) electrons. The van der Waals surface area contributed by atoms with Gasteiger partial charge in [-0.3, -0.25) is 9.59 Å². The van der Waals surface area contributed by atoms with E-state index < -0.39 is 17.2 Å². The van der Waals surface area contributed by atoms with E-state index in [2.05, 4.69) is 22.1 Å². The summed E-state index contributed by atoms with van der Waals surface area (Å²) in [5.41, 5.74) is 0.490. The summed E-state index contributed by atoms with van der Waals surface area (Å²) in [6, 6.07) is 9.66. The Morgan fingerprint density at radius 2 is 2.03 bits per heavy atom. The molecule has 0 aliphatic rings. The number of fused-ring (bicyclic) bond motifs is 1. The van der Waals surface area contributed by atoms with Gasteiger partial charge in [0.15, 0.2) is 0 Å². The molecule has 0 saturated heterocycles. The number of aromatic nitrogens is 1. The molecule has 148 valence electrons. The smallest absolute Gasteiger partial charge is 0.257 e. The lowest BCUT2D eigenvalue weighted by Crippen LogP contribution is -2.28. The van der Waals surface area contributed by atoms with Crippen molar-refractivity contribution in [3.63, 3.8) is 0 Å². The quantitative estimate of drug-likeness (QED) is 0.643. The second kappa shape index (κ2) is 8.91. The Hall–Kier alpha value is -3.14. The van der Waals surface area contributed by atoms with Gasteiger partial charge in [-0.15, -0.1) is 0 Å². The second-order valence-electron chi connectivity index (χ2n) is 6.37. The van der Waals surface area contributed by atoms with E-state index in [9.17, 15) is 14.0 Å². The molecule has 2 N–H and O–H groups in total. The van der Waals surface area contributed by atoms with Crippen LogP contribution in [0.4, 0.5) is 4.39 Å². The molecule has 0 aliphatic heterocycles. The zero-order valence-electron chi connectivity index (χ0n) is 15.8. The van der Waals surface area contributed by atoms with Crippen LogP contribution in [0.2, 0.25) is 5.02 Å². The Morgan fingerprint density at radius 1 is 1.31 bits per heavy atom. The van der Waals surface area contributed by atoms with E-state index >= 15 is 0 Å². The van der Waals surface area contributed by atoms with Crippen LogP contribution in [-0.4, -0.2) is 24.1 Å². The first-order valence-electron chi connectivity index (χ1n) is 8.81. The third-order valence-corrected chi connectivity index (χ3v) is 4.58. The Morgan fingerprint density at radius 3 is 2.72 bits per heavy atom. The molecule has 0 fully saturated rings.